The first kappa shape index (κ1) is 19.5. The molecule has 4 rings (SSSR count). The summed E-state index contributed by atoms with van der Waals surface area (Å²) in [5.74, 6) is 0.339. The largest absolute Gasteiger partial charge is 0.479 e. The lowest BCUT2D eigenvalue weighted by Crippen LogP contribution is -2.36. The van der Waals surface area contributed by atoms with Gasteiger partial charge in [-0.3, -0.25) is 0 Å². The summed E-state index contributed by atoms with van der Waals surface area (Å²) < 4.78 is 19.0. The predicted octanol–water partition coefficient (Wildman–Crippen LogP) is 4.12. The van der Waals surface area contributed by atoms with Crippen LogP contribution in [0.25, 0.3) is 22.0 Å². The van der Waals surface area contributed by atoms with E-state index in [4.69, 9.17) is 4.74 Å². The van der Waals surface area contributed by atoms with Gasteiger partial charge in [0.1, 0.15) is 12.1 Å². The Bertz CT molecular complexity index is 1000. The molecular formula is C22H26FN5O. The topological polar surface area (TPSA) is 63.2 Å². The molecule has 29 heavy (non-hydrogen) atoms. The van der Waals surface area contributed by atoms with Crippen molar-refractivity contribution in [2.75, 3.05) is 26.5 Å². The predicted molar refractivity (Wildman–Crippen MR) is 113 cm³/mol. The average Bonchev–Trinajstić information content (AvgIpc) is 2.74. The number of aromatic nitrogens is 3. The van der Waals surface area contributed by atoms with E-state index < -0.39 is 5.82 Å². The number of fused-ring (bicyclic) bond motifs is 1. The van der Waals surface area contributed by atoms with E-state index in [2.05, 4.69) is 39.3 Å². The summed E-state index contributed by atoms with van der Waals surface area (Å²) in [5.41, 5.74) is 2.40. The van der Waals surface area contributed by atoms with Crippen LogP contribution in [0.1, 0.15) is 25.7 Å². The molecule has 152 valence electrons. The van der Waals surface area contributed by atoms with Crippen LogP contribution in [0.3, 0.4) is 0 Å². The highest BCUT2D eigenvalue weighted by atomic mass is 19.1. The molecule has 3 aromatic rings. The summed E-state index contributed by atoms with van der Waals surface area (Å²) in [7, 11) is 5.70. The lowest BCUT2D eigenvalue weighted by Gasteiger charge is -2.33. The Hall–Kier alpha value is -2.80. The molecule has 0 radical (unpaired) electrons. The minimum Gasteiger partial charge on any atom is -0.479 e. The van der Waals surface area contributed by atoms with Crippen LogP contribution in [0, 0.1) is 5.82 Å². The van der Waals surface area contributed by atoms with Gasteiger partial charge < -0.3 is 15.0 Å². The number of ether oxygens (including phenoxy) is 1. The van der Waals surface area contributed by atoms with Crippen molar-refractivity contribution in [3.05, 3.63) is 42.6 Å². The number of methoxy groups -OCH3 is 1. The van der Waals surface area contributed by atoms with Gasteiger partial charge in [-0.05, 0) is 63.5 Å². The van der Waals surface area contributed by atoms with Crippen LogP contribution < -0.4 is 10.1 Å². The number of benzene rings is 1. The van der Waals surface area contributed by atoms with Crippen LogP contribution in [0.2, 0.25) is 0 Å². The molecule has 0 unspecified atom stereocenters. The fraction of sp³-hybridized carbons (Fsp3) is 0.409. The quantitative estimate of drug-likeness (QED) is 0.701. The number of anilines is 1. The van der Waals surface area contributed by atoms with Crippen molar-refractivity contribution in [1.29, 1.82) is 0 Å². The van der Waals surface area contributed by atoms with Crippen LogP contribution >= 0.6 is 0 Å². The summed E-state index contributed by atoms with van der Waals surface area (Å²) in [6.07, 6.45) is 7.78. The van der Waals surface area contributed by atoms with Crippen LogP contribution in [0.15, 0.2) is 36.8 Å². The third kappa shape index (κ3) is 4.15. The SMILES string of the molecule is COc1ncc(-c2ccc3ncnc(N[C@H]4CC[C@H](N(C)C)CC4)c3c2)cc1F. The van der Waals surface area contributed by atoms with E-state index in [-0.39, 0.29) is 5.88 Å². The number of hydrogen-bond donors (Lipinski definition) is 1. The van der Waals surface area contributed by atoms with Crippen molar-refractivity contribution in [3.63, 3.8) is 0 Å². The standard InChI is InChI=1S/C22H26FN5O/c1-28(2)17-7-5-16(6-8-17)27-21-18-10-14(4-9-20(18)25-13-26-21)15-11-19(23)22(29-3)24-12-15/h4,9-13,16-17H,5-8H2,1-3H3,(H,25,26,27)/t16-,17-. The van der Waals surface area contributed by atoms with E-state index in [0.717, 1.165) is 35.1 Å². The lowest BCUT2D eigenvalue weighted by molar-refractivity contribution is 0.221. The Morgan fingerprint density at radius 1 is 1.03 bits per heavy atom. The molecule has 6 nitrogen and oxygen atoms in total. The molecule has 0 saturated heterocycles. The van der Waals surface area contributed by atoms with Crippen molar-refractivity contribution < 1.29 is 9.13 Å². The zero-order valence-corrected chi connectivity index (χ0v) is 17.0. The summed E-state index contributed by atoms with van der Waals surface area (Å²) in [5, 5.41) is 4.54. The first-order chi connectivity index (χ1) is 14.0. The second-order valence-electron chi connectivity index (χ2n) is 7.78. The average molecular weight is 395 g/mol. The minimum absolute atomic E-state index is 0.00597. The fourth-order valence-electron chi connectivity index (χ4n) is 4.01. The van der Waals surface area contributed by atoms with Crippen LogP contribution in [-0.4, -0.2) is 53.1 Å². The van der Waals surface area contributed by atoms with E-state index in [1.165, 1.54) is 26.0 Å². The molecule has 1 aliphatic carbocycles. The van der Waals surface area contributed by atoms with Crippen molar-refractivity contribution >= 4 is 16.7 Å². The number of nitrogens with zero attached hydrogens (tertiary/aromatic N) is 4. The molecule has 1 N–H and O–H groups in total. The van der Waals surface area contributed by atoms with E-state index >= 15 is 0 Å². The second-order valence-corrected chi connectivity index (χ2v) is 7.78. The number of hydrogen-bond acceptors (Lipinski definition) is 6. The maximum Gasteiger partial charge on any atom is 0.250 e. The zero-order chi connectivity index (χ0) is 20.4. The molecule has 0 bridgehead atoms. The summed E-state index contributed by atoms with van der Waals surface area (Å²) in [4.78, 5) is 15.2. The lowest BCUT2D eigenvalue weighted by atomic mass is 9.90. The highest BCUT2D eigenvalue weighted by molar-refractivity contribution is 5.92. The normalized spacial score (nSPS) is 19.5. The molecule has 1 aromatic carbocycles. The van der Waals surface area contributed by atoms with E-state index in [0.29, 0.717) is 17.6 Å². The molecule has 1 fully saturated rings. The Labute approximate surface area is 170 Å². The van der Waals surface area contributed by atoms with Crippen molar-refractivity contribution in [1.82, 2.24) is 19.9 Å². The Kier molecular flexibility index (Phi) is 5.58. The van der Waals surface area contributed by atoms with Gasteiger partial charge in [-0.25, -0.2) is 19.3 Å². The van der Waals surface area contributed by atoms with Gasteiger partial charge in [-0.1, -0.05) is 6.07 Å². The van der Waals surface area contributed by atoms with Gasteiger partial charge in [0.2, 0.25) is 5.88 Å². The Morgan fingerprint density at radius 3 is 2.52 bits per heavy atom. The molecule has 0 amide bonds. The zero-order valence-electron chi connectivity index (χ0n) is 17.0. The third-order valence-electron chi connectivity index (χ3n) is 5.74. The summed E-state index contributed by atoms with van der Waals surface area (Å²) in [6.45, 7) is 0. The Balaban J connectivity index is 1.61. The van der Waals surface area contributed by atoms with Crippen molar-refractivity contribution in [2.45, 2.75) is 37.8 Å². The van der Waals surface area contributed by atoms with Crippen molar-refractivity contribution in [3.8, 4) is 17.0 Å². The number of nitrogens with one attached hydrogen (secondary N) is 1. The molecule has 2 heterocycles. The maximum atomic E-state index is 14.1. The van der Waals surface area contributed by atoms with E-state index in [9.17, 15) is 4.39 Å². The molecular weight excluding hydrogens is 369 g/mol. The Morgan fingerprint density at radius 2 is 1.83 bits per heavy atom. The van der Waals surface area contributed by atoms with Gasteiger partial charge in [-0.15, -0.1) is 0 Å². The third-order valence-corrected chi connectivity index (χ3v) is 5.74. The summed E-state index contributed by atoms with van der Waals surface area (Å²) in [6, 6.07) is 8.33. The molecule has 0 aliphatic heterocycles. The fourth-order valence-corrected chi connectivity index (χ4v) is 4.01. The van der Waals surface area contributed by atoms with Gasteiger partial charge in [0.05, 0.1) is 12.6 Å². The molecule has 2 aromatic heterocycles. The van der Waals surface area contributed by atoms with Gasteiger partial charge in [0, 0.05) is 29.2 Å². The smallest absolute Gasteiger partial charge is 0.250 e. The summed E-state index contributed by atoms with van der Waals surface area (Å²) >= 11 is 0. The highest BCUT2D eigenvalue weighted by Crippen LogP contribution is 2.30. The van der Waals surface area contributed by atoms with Gasteiger partial charge in [-0.2, -0.15) is 0 Å². The molecule has 0 spiro atoms. The molecule has 1 aliphatic rings. The van der Waals surface area contributed by atoms with E-state index in [1.54, 1.807) is 12.5 Å². The molecule has 1 saturated carbocycles. The number of halogens is 1. The monoisotopic (exact) mass is 395 g/mol. The number of rotatable bonds is 5. The number of pyridine rings is 1. The van der Waals surface area contributed by atoms with E-state index in [1.807, 2.05) is 18.2 Å². The minimum atomic E-state index is -0.481. The highest BCUT2D eigenvalue weighted by Gasteiger charge is 2.23. The van der Waals surface area contributed by atoms with Gasteiger partial charge >= 0.3 is 0 Å². The van der Waals surface area contributed by atoms with Gasteiger partial charge in [0.25, 0.3) is 0 Å². The molecule has 0 atom stereocenters. The van der Waals surface area contributed by atoms with Crippen molar-refractivity contribution in [2.24, 2.45) is 0 Å². The van der Waals surface area contributed by atoms with Crippen LogP contribution in [0.5, 0.6) is 5.88 Å². The van der Waals surface area contributed by atoms with Gasteiger partial charge in [0.15, 0.2) is 5.82 Å². The first-order valence-electron chi connectivity index (χ1n) is 9.93. The molecule has 7 heteroatoms. The second kappa shape index (κ2) is 8.29. The first-order valence-corrected chi connectivity index (χ1v) is 9.93. The van der Waals surface area contributed by atoms with Crippen LogP contribution in [0.4, 0.5) is 10.2 Å². The van der Waals surface area contributed by atoms with Crippen LogP contribution in [-0.2, 0) is 0 Å². The maximum absolute atomic E-state index is 14.1.